The Labute approximate surface area is 161 Å². The molecule has 0 saturated heterocycles. The molecule has 0 bridgehead atoms. The fourth-order valence-corrected chi connectivity index (χ4v) is 3.48. The summed E-state index contributed by atoms with van der Waals surface area (Å²) in [7, 11) is 3.09. The second-order valence-electron chi connectivity index (χ2n) is 6.42. The van der Waals surface area contributed by atoms with E-state index in [2.05, 4.69) is 15.3 Å². The van der Waals surface area contributed by atoms with Crippen LogP contribution >= 0.6 is 0 Å². The van der Waals surface area contributed by atoms with E-state index in [-0.39, 0.29) is 11.7 Å². The second-order valence-corrected chi connectivity index (χ2v) is 6.42. The first-order valence-electron chi connectivity index (χ1n) is 8.76. The standard InChI is InChI=1S/C20H19FN4O3/c1-11(26)25-7-6-12-16(25)5-4-14(19(12)21)24-20-13-8-17(27-2)18(28-3)9-15(13)22-10-23-20/h4-5,8-10H,6-7H2,1-3H3,(H,22,23,24). The number of hydrogen-bond acceptors (Lipinski definition) is 6. The average molecular weight is 382 g/mol. The number of halogens is 1. The van der Waals surface area contributed by atoms with Gasteiger partial charge in [0.25, 0.3) is 0 Å². The SMILES string of the molecule is COc1cc2ncnc(Nc3ccc4c(c3F)CCN4C(C)=O)c2cc1OC. The quantitative estimate of drug-likeness (QED) is 0.745. The number of aromatic nitrogens is 2. The molecule has 1 N–H and O–H groups in total. The van der Waals surface area contributed by atoms with E-state index in [9.17, 15) is 4.79 Å². The predicted molar refractivity (Wildman–Crippen MR) is 104 cm³/mol. The van der Waals surface area contributed by atoms with Gasteiger partial charge in [-0.05, 0) is 24.6 Å². The summed E-state index contributed by atoms with van der Waals surface area (Å²) < 4.78 is 25.7. The van der Waals surface area contributed by atoms with Crippen LogP contribution < -0.4 is 19.7 Å². The first-order valence-corrected chi connectivity index (χ1v) is 8.76. The molecule has 0 aliphatic carbocycles. The molecule has 8 heteroatoms. The number of ether oxygens (including phenoxy) is 2. The molecule has 3 aromatic rings. The monoisotopic (exact) mass is 382 g/mol. The highest BCUT2D eigenvalue weighted by atomic mass is 19.1. The van der Waals surface area contributed by atoms with Crippen LogP contribution in [0, 0.1) is 5.82 Å². The summed E-state index contributed by atoms with van der Waals surface area (Å²) in [4.78, 5) is 21.8. The largest absolute Gasteiger partial charge is 0.493 e. The molecule has 0 atom stereocenters. The molecule has 28 heavy (non-hydrogen) atoms. The number of benzene rings is 2. The van der Waals surface area contributed by atoms with Crippen LogP contribution in [0.2, 0.25) is 0 Å². The van der Waals surface area contributed by atoms with Crippen LogP contribution in [-0.4, -0.2) is 36.6 Å². The van der Waals surface area contributed by atoms with Gasteiger partial charge in [0, 0.05) is 36.2 Å². The van der Waals surface area contributed by atoms with Crippen LogP contribution in [0.15, 0.2) is 30.6 Å². The van der Waals surface area contributed by atoms with Crippen molar-refractivity contribution in [3.8, 4) is 11.5 Å². The minimum absolute atomic E-state index is 0.0957. The molecule has 1 aromatic heterocycles. The van der Waals surface area contributed by atoms with Gasteiger partial charge in [-0.25, -0.2) is 14.4 Å². The van der Waals surface area contributed by atoms with Gasteiger partial charge in [0.05, 0.1) is 25.4 Å². The van der Waals surface area contributed by atoms with Gasteiger partial charge >= 0.3 is 0 Å². The van der Waals surface area contributed by atoms with Crippen molar-refractivity contribution in [1.29, 1.82) is 0 Å². The highest BCUT2D eigenvalue weighted by molar-refractivity contribution is 5.95. The first-order chi connectivity index (χ1) is 13.5. The Morgan fingerprint density at radius 1 is 1.18 bits per heavy atom. The molecule has 1 aliphatic rings. The molecular formula is C20H19FN4O3. The van der Waals surface area contributed by atoms with E-state index in [1.165, 1.54) is 13.3 Å². The molecular weight excluding hydrogens is 363 g/mol. The zero-order chi connectivity index (χ0) is 19.8. The number of fused-ring (bicyclic) bond motifs is 2. The summed E-state index contributed by atoms with van der Waals surface area (Å²) >= 11 is 0. The fourth-order valence-electron chi connectivity index (χ4n) is 3.48. The Morgan fingerprint density at radius 3 is 2.64 bits per heavy atom. The molecule has 0 spiro atoms. The molecule has 1 aliphatic heterocycles. The van der Waals surface area contributed by atoms with E-state index in [4.69, 9.17) is 9.47 Å². The van der Waals surface area contributed by atoms with Gasteiger partial charge in [0.15, 0.2) is 17.3 Å². The summed E-state index contributed by atoms with van der Waals surface area (Å²) in [5.41, 5.74) is 2.07. The number of carbonyl (C=O) groups excluding carboxylic acids is 1. The van der Waals surface area contributed by atoms with Crippen molar-refractivity contribution in [2.45, 2.75) is 13.3 Å². The lowest BCUT2D eigenvalue weighted by atomic mass is 10.1. The van der Waals surface area contributed by atoms with Gasteiger partial charge in [-0.2, -0.15) is 0 Å². The average Bonchev–Trinajstić information content (AvgIpc) is 3.14. The predicted octanol–water partition coefficient (Wildman–Crippen LogP) is 3.44. The lowest BCUT2D eigenvalue weighted by molar-refractivity contribution is -0.116. The van der Waals surface area contributed by atoms with Crippen LogP contribution in [-0.2, 0) is 11.2 Å². The van der Waals surface area contributed by atoms with E-state index >= 15 is 4.39 Å². The van der Waals surface area contributed by atoms with E-state index in [0.717, 1.165) is 0 Å². The summed E-state index contributed by atoms with van der Waals surface area (Å²) in [6.45, 7) is 1.96. The smallest absolute Gasteiger partial charge is 0.223 e. The summed E-state index contributed by atoms with van der Waals surface area (Å²) in [5.74, 6) is 1.05. The Morgan fingerprint density at radius 2 is 1.93 bits per heavy atom. The Hall–Kier alpha value is -3.42. The Bertz CT molecular complexity index is 1090. The molecule has 2 aromatic carbocycles. The topological polar surface area (TPSA) is 76.6 Å². The van der Waals surface area contributed by atoms with Gasteiger partial charge in [0.1, 0.15) is 12.1 Å². The molecule has 1 amide bonds. The van der Waals surface area contributed by atoms with Crippen molar-refractivity contribution in [1.82, 2.24) is 9.97 Å². The van der Waals surface area contributed by atoms with Crippen LogP contribution in [0.3, 0.4) is 0 Å². The maximum atomic E-state index is 15.1. The van der Waals surface area contributed by atoms with Crippen LogP contribution in [0.25, 0.3) is 10.9 Å². The van der Waals surface area contributed by atoms with Gasteiger partial charge < -0.3 is 19.7 Å². The molecule has 144 valence electrons. The number of carbonyl (C=O) groups is 1. The van der Waals surface area contributed by atoms with E-state index in [1.54, 1.807) is 43.4 Å². The zero-order valence-electron chi connectivity index (χ0n) is 15.7. The molecule has 0 saturated carbocycles. The minimum atomic E-state index is -0.381. The zero-order valence-corrected chi connectivity index (χ0v) is 15.7. The summed E-state index contributed by atoms with van der Waals surface area (Å²) in [5, 5.41) is 3.72. The lowest BCUT2D eigenvalue weighted by Gasteiger charge is -2.16. The normalized spacial score (nSPS) is 12.8. The number of hydrogen-bond donors (Lipinski definition) is 1. The van der Waals surface area contributed by atoms with Crippen LogP contribution in [0.4, 0.5) is 21.6 Å². The third-order valence-electron chi connectivity index (χ3n) is 4.87. The molecule has 2 heterocycles. The highest BCUT2D eigenvalue weighted by Crippen LogP contribution is 2.37. The Kier molecular flexibility index (Phi) is 4.46. The van der Waals surface area contributed by atoms with Gasteiger partial charge in [0.2, 0.25) is 5.91 Å². The maximum Gasteiger partial charge on any atom is 0.223 e. The number of nitrogens with zero attached hydrogens (tertiary/aromatic N) is 3. The van der Waals surface area contributed by atoms with Crippen molar-refractivity contribution in [3.05, 3.63) is 42.0 Å². The second kappa shape index (κ2) is 6.95. The van der Waals surface area contributed by atoms with Gasteiger partial charge in [-0.15, -0.1) is 0 Å². The van der Waals surface area contributed by atoms with Gasteiger partial charge in [-0.3, -0.25) is 4.79 Å². The Balaban J connectivity index is 1.76. The molecule has 0 unspecified atom stereocenters. The minimum Gasteiger partial charge on any atom is -0.493 e. The number of methoxy groups -OCH3 is 2. The maximum absolute atomic E-state index is 15.1. The molecule has 0 fully saturated rings. The van der Waals surface area contributed by atoms with Crippen molar-refractivity contribution < 1.29 is 18.7 Å². The third-order valence-corrected chi connectivity index (χ3v) is 4.87. The van der Waals surface area contributed by atoms with E-state index < -0.39 is 0 Å². The van der Waals surface area contributed by atoms with Crippen molar-refractivity contribution in [2.24, 2.45) is 0 Å². The molecule has 4 rings (SSSR count). The number of rotatable bonds is 4. The molecule has 0 radical (unpaired) electrons. The van der Waals surface area contributed by atoms with Gasteiger partial charge in [-0.1, -0.05) is 0 Å². The fraction of sp³-hybridized carbons (Fsp3) is 0.250. The van der Waals surface area contributed by atoms with Crippen molar-refractivity contribution in [3.63, 3.8) is 0 Å². The molecule has 7 nitrogen and oxygen atoms in total. The highest BCUT2D eigenvalue weighted by Gasteiger charge is 2.26. The number of nitrogens with one attached hydrogen (secondary N) is 1. The number of amides is 1. The lowest BCUT2D eigenvalue weighted by Crippen LogP contribution is -2.25. The third kappa shape index (κ3) is 2.87. The summed E-state index contributed by atoms with van der Waals surface area (Å²) in [6.07, 6.45) is 1.88. The summed E-state index contributed by atoms with van der Waals surface area (Å²) in [6, 6.07) is 6.86. The first kappa shape index (κ1) is 18.0. The van der Waals surface area contributed by atoms with E-state index in [0.29, 0.717) is 58.1 Å². The van der Waals surface area contributed by atoms with Crippen molar-refractivity contribution in [2.75, 3.05) is 31.0 Å². The van der Waals surface area contributed by atoms with E-state index in [1.807, 2.05) is 0 Å². The van der Waals surface area contributed by atoms with Crippen LogP contribution in [0.1, 0.15) is 12.5 Å². The van der Waals surface area contributed by atoms with Crippen molar-refractivity contribution >= 4 is 34.0 Å². The number of anilines is 3. The van der Waals surface area contributed by atoms with Crippen LogP contribution in [0.5, 0.6) is 11.5 Å².